The smallest absolute Gasteiger partial charge is 0.207 e. The number of hydrogen-bond acceptors (Lipinski definition) is 2. The van der Waals surface area contributed by atoms with Crippen molar-refractivity contribution in [3.63, 3.8) is 0 Å². The number of amides is 1. The predicted molar refractivity (Wildman–Crippen MR) is 92.5 cm³/mol. The van der Waals surface area contributed by atoms with Crippen molar-refractivity contribution < 1.29 is 4.79 Å². The molecule has 1 aromatic heterocycles. The molecule has 1 heterocycles. The zero-order chi connectivity index (χ0) is 15.5. The van der Waals surface area contributed by atoms with Crippen LogP contribution in [0.25, 0.3) is 22.0 Å². The van der Waals surface area contributed by atoms with Gasteiger partial charge in [0.2, 0.25) is 6.41 Å². The number of fused-ring (bicyclic) bond motifs is 1. The summed E-state index contributed by atoms with van der Waals surface area (Å²) in [6, 6.07) is 14.0. The highest BCUT2D eigenvalue weighted by atomic mass is 32.1. The van der Waals surface area contributed by atoms with E-state index in [-0.39, 0.29) is 0 Å². The Hall–Kier alpha value is -2.66. The first kappa shape index (κ1) is 14.3. The number of carbonyl (C=O) groups is 1. The Morgan fingerprint density at radius 3 is 2.91 bits per heavy atom. The van der Waals surface area contributed by atoms with Crippen LogP contribution in [0.1, 0.15) is 11.1 Å². The normalized spacial score (nSPS) is 10.5. The van der Waals surface area contributed by atoms with Gasteiger partial charge in [0.05, 0.1) is 0 Å². The number of hydrogen-bond donors (Lipinski definition) is 3. The second kappa shape index (κ2) is 5.99. The maximum atomic E-state index is 10.4. The van der Waals surface area contributed by atoms with Gasteiger partial charge >= 0.3 is 0 Å². The van der Waals surface area contributed by atoms with Crippen molar-refractivity contribution in [2.24, 2.45) is 5.73 Å². The van der Waals surface area contributed by atoms with E-state index in [2.05, 4.69) is 16.4 Å². The first-order valence-electron chi connectivity index (χ1n) is 6.86. The number of benzene rings is 2. The van der Waals surface area contributed by atoms with E-state index in [0.29, 0.717) is 17.9 Å². The second-order valence-corrected chi connectivity index (χ2v) is 5.47. The molecule has 0 bridgehead atoms. The van der Waals surface area contributed by atoms with Gasteiger partial charge in [0.15, 0.2) is 0 Å². The Kier molecular flexibility index (Phi) is 3.89. The fraction of sp³-hybridized carbons (Fsp3) is 0.0588. The SMILES string of the molecule is NC(=S)c1cccc(-c2c[nH]c3cc(CNC=O)ccc23)c1. The first-order valence-corrected chi connectivity index (χ1v) is 7.27. The van der Waals surface area contributed by atoms with Crippen molar-refractivity contribution in [1.82, 2.24) is 10.3 Å². The van der Waals surface area contributed by atoms with Crippen LogP contribution in [0.4, 0.5) is 0 Å². The molecule has 1 amide bonds. The summed E-state index contributed by atoms with van der Waals surface area (Å²) in [4.78, 5) is 14.0. The molecule has 0 saturated heterocycles. The molecule has 3 rings (SSSR count). The third kappa shape index (κ3) is 2.71. The van der Waals surface area contributed by atoms with Crippen molar-refractivity contribution in [3.05, 3.63) is 59.8 Å². The lowest BCUT2D eigenvalue weighted by atomic mass is 10.0. The molecule has 5 heteroatoms. The number of thiocarbonyl (C=S) groups is 1. The van der Waals surface area contributed by atoms with E-state index in [1.165, 1.54) is 0 Å². The molecule has 22 heavy (non-hydrogen) atoms. The van der Waals surface area contributed by atoms with Crippen molar-refractivity contribution >= 4 is 34.5 Å². The summed E-state index contributed by atoms with van der Waals surface area (Å²) in [6.45, 7) is 0.519. The van der Waals surface area contributed by atoms with Gasteiger partial charge in [-0.2, -0.15) is 0 Å². The minimum absolute atomic E-state index is 0.393. The molecule has 0 aliphatic rings. The molecule has 4 nitrogen and oxygen atoms in total. The van der Waals surface area contributed by atoms with Gasteiger partial charge in [0, 0.05) is 34.8 Å². The standard InChI is InChI=1S/C17H15N3OS/c18-17(22)13-3-1-2-12(7-13)15-9-20-16-6-11(8-19-10-21)4-5-14(15)16/h1-7,9-10,20H,8H2,(H2,18,22)(H,19,21). The predicted octanol–water partition coefficient (Wildman–Crippen LogP) is 2.72. The third-order valence-corrected chi connectivity index (χ3v) is 3.83. The highest BCUT2D eigenvalue weighted by Crippen LogP contribution is 2.29. The number of rotatable bonds is 5. The maximum Gasteiger partial charge on any atom is 0.207 e. The largest absolute Gasteiger partial charge is 0.389 e. The van der Waals surface area contributed by atoms with E-state index in [4.69, 9.17) is 18.0 Å². The van der Waals surface area contributed by atoms with Gasteiger partial charge in [-0.15, -0.1) is 0 Å². The lowest BCUT2D eigenvalue weighted by Crippen LogP contribution is -2.09. The maximum absolute atomic E-state index is 10.4. The molecule has 3 aromatic rings. The van der Waals surface area contributed by atoms with Crippen molar-refractivity contribution in [3.8, 4) is 11.1 Å². The van der Waals surface area contributed by atoms with Crippen molar-refractivity contribution in [1.29, 1.82) is 0 Å². The fourth-order valence-corrected chi connectivity index (χ4v) is 2.65. The zero-order valence-electron chi connectivity index (χ0n) is 11.8. The van der Waals surface area contributed by atoms with Gasteiger partial charge < -0.3 is 16.0 Å². The lowest BCUT2D eigenvalue weighted by molar-refractivity contribution is -0.109. The Morgan fingerprint density at radius 2 is 2.14 bits per heavy atom. The molecule has 0 radical (unpaired) electrons. The van der Waals surface area contributed by atoms with Gasteiger partial charge in [0.1, 0.15) is 4.99 Å². The topological polar surface area (TPSA) is 70.9 Å². The highest BCUT2D eigenvalue weighted by Gasteiger charge is 2.08. The van der Waals surface area contributed by atoms with Crippen molar-refractivity contribution in [2.75, 3.05) is 0 Å². The minimum atomic E-state index is 0.393. The lowest BCUT2D eigenvalue weighted by Gasteiger charge is -2.04. The summed E-state index contributed by atoms with van der Waals surface area (Å²) < 4.78 is 0. The molecular formula is C17H15N3OS. The molecule has 110 valence electrons. The van der Waals surface area contributed by atoms with E-state index in [1.54, 1.807) is 0 Å². The van der Waals surface area contributed by atoms with Gasteiger partial charge in [-0.3, -0.25) is 4.79 Å². The van der Waals surface area contributed by atoms with Crippen LogP contribution >= 0.6 is 12.2 Å². The van der Waals surface area contributed by atoms with Gasteiger partial charge in [-0.05, 0) is 23.3 Å². The van der Waals surface area contributed by atoms with E-state index in [0.717, 1.165) is 33.2 Å². The van der Waals surface area contributed by atoms with E-state index < -0.39 is 0 Å². The number of carbonyl (C=O) groups excluding carboxylic acids is 1. The Bertz CT molecular complexity index is 854. The Labute approximate surface area is 133 Å². The van der Waals surface area contributed by atoms with Crippen LogP contribution in [0.15, 0.2) is 48.7 Å². The Morgan fingerprint density at radius 1 is 1.27 bits per heavy atom. The van der Waals surface area contributed by atoms with Crippen LogP contribution in [-0.4, -0.2) is 16.4 Å². The quantitative estimate of drug-likeness (QED) is 0.501. The number of nitrogens with two attached hydrogens (primary N) is 1. The molecular weight excluding hydrogens is 294 g/mol. The first-order chi connectivity index (χ1) is 10.7. The molecule has 0 unspecified atom stereocenters. The van der Waals surface area contributed by atoms with Gasteiger partial charge in [-0.25, -0.2) is 0 Å². The van der Waals surface area contributed by atoms with Crippen LogP contribution in [0.5, 0.6) is 0 Å². The van der Waals surface area contributed by atoms with Crippen LogP contribution in [-0.2, 0) is 11.3 Å². The monoisotopic (exact) mass is 309 g/mol. The molecule has 0 fully saturated rings. The van der Waals surface area contributed by atoms with Gasteiger partial charge in [0.25, 0.3) is 0 Å². The molecule has 0 atom stereocenters. The Balaban J connectivity index is 2.03. The second-order valence-electron chi connectivity index (χ2n) is 5.03. The van der Waals surface area contributed by atoms with E-state index in [1.807, 2.05) is 42.6 Å². The van der Waals surface area contributed by atoms with E-state index in [9.17, 15) is 4.79 Å². The molecule has 0 saturated carbocycles. The average Bonchev–Trinajstić information content (AvgIpc) is 2.96. The van der Waals surface area contributed by atoms with Crippen LogP contribution in [0.3, 0.4) is 0 Å². The number of aromatic amines is 1. The summed E-state index contributed by atoms with van der Waals surface area (Å²) in [6.07, 6.45) is 2.67. The molecule has 0 spiro atoms. The number of aromatic nitrogens is 1. The average molecular weight is 309 g/mol. The third-order valence-electron chi connectivity index (χ3n) is 3.59. The summed E-state index contributed by atoms with van der Waals surface area (Å²) in [7, 11) is 0. The van der Waals surface area contributed by atoms with Gasteiger partial charge in [-0.1, -0.05) is 42.5 Å². The minimum Gasteiger partial charge on any atom is -0.389 e. The highest BCUT2D eigenvalue weighted by molar-refractivity contribution is 7.80. The van der Waals surface area contributed by atoms with Crippen molar-refractivity contribution in [2.45, 2.75) is 6.54 Å². The molecule has 0 aliphatic heterocycles. The number of nitrogens with one attached hydrogen (secondary N) is 2. The number of H-pyrrole nitrogens is 1. The molecule has 4 N–H and O–H groups in total. The molecule has 2 aromatic carbocycles. The summed E-state index contributed by atoms with van der Waals surface area (Å²) in [5.74, 6) is 0. The van der Waals surface area contributed by atoms with Crippen LogP contribution in [0, 0.1) is 0 Å². The van der Waals surface area contributed by atoms with E-state index >= 15 is 0 Å². The fourth-order valence-electron chi connectivity index (χ4n) is 2.52. The summed E-state index contributed by atoms with van der Waals surface area (Å²) in [5, 5.41) is 3.79. The van der Waals surface area contributed by atoms with Crippen LogP contribution in [0.2, 0.25) is 0 Å². The summed E-state index contributed by atoms with van der Waals surface area (Å²) in [5.41, 5.74) is 10.8. The van der Waals surface area contributed by atoms with Crippen LogP contribution < -0.4 is 11.1 Å². The zero-order valence-corrected chi connectivity index (χ0v) is 12.6. The molecule has 0 aliphatic carbocycles. The summed E-state index contributed by atoms with van der Waals surface area (Å²) >= 11 is 5.04.